The smallest absolute Gasteiger partial charge is 0.339 e. The van der Waals surface area contributed by atoms with E-state index in [4.69, 9.17) is 9.16 Å². The van der Waals surface area contributed by atoms with Crippen LogP contribution in [0.1, 0.15) is 72.7 Å². The molecule has 0 spiro atoms. The molecule has 0 aliphatic heterocycles. The Kier molecular flexibility index (Phi) is 7.57. The molecule has 0 bridgehead atoms. The Balaban J connectivity index is 2.36. The highest BCUT2D eigenvalue weighted by Crippen LogP contribution is 2.43. The molecule has 0 fully saturated rings. The second-order valence-electron chi connectivity index (χ2n) is 9.99. The van der Waals surface area contributed by atoms with Crippen LogP contribution in [0.4, 0.5) is 0 Å². The highest BCUT2D eigenvalue weighted by molar-refractivity contribution is 6.78. The average molecular weight is 427 g/mol. The van der Waals surface area contributed by atoms with Crippen molar-refractivity contribution >= 4 is 14.3 Å². The normalized spacial score (nSPS) is 12.5. The summed E-state index contributed by atoms with van der Waals surface area (Å²) in [4.78, 5) is 12.7. The summed E-state index contributed by atoms with van der Waals surface area (Å²) in [5, 5.41) is 0. The van der Waals surface area contributed by atoms with E-state index < -0.39 is 13.9 Å². The molecule has 164 valence electrons. The number of carbonyl (C=O) groups is 1. The third-order valence-corrected chi connectivity index (χ3v) is 11.7. The van der Waals surface area contributed by atoms with Gasteiger partial charge in [-0.3, -0.25) is 0 Å². The lowest BCUT2D eigenvalue weighted by atomic mass is 9.99. The van der Waals surface area contributed by atoms with Gasteiger partial charge in [0.25, 0.3) is 8.32 Å². The highest BCUT2D eigenvalue weighted by Gasteiger charge is 2.46. The second-order valence-corrected chi connectivity index (χ2v) is 15.4. The molecule has 2 aromatic carbocycles. The molecule has 0 amide bonds. The lowest BCUT2D eigenvalue weighted by Crippen LogP contribution is -2.50. The van der Waals surface area contributed by atoms with Crippen molar-refractivity contribution < 1.29 is 14.0 Å². The Bertz CT molecular complexity index is 824. The first-order valence-corrected chi connectivity index (χ1v) is 13.1. The Morgan fingerprint density at radius 3 is 1.77 bits per heavy atom. The van der Waals surface area contributed by atoms with E-state index in [0.29, 0.717) is 22.2 Å². The van der Waals surface area contributed by atoms with Gasteiger partial charge in [0, 0.05) is 0 Å². The standard InChI is InChI=1S/C26H38O3Si/c1-18(2)30(19(3)4,20(5)6)29-22-16-14-21(15-17-22)23-12-10-11-13-24(23)25(27)28-26(7,8)9/h10-20H,1-9H3. The van der Waals surface area contributed by atoms with Gasteiger partial charge in [0.05, 0.1) is 5.56 Å². The summed E-state index contributed by atoms with van der Waals surface area (Å²) in [7, 11) is -1.99. The first-order chi connectivity index (χ1) is 13.9. The van der Waals surface area contributed by atoms with Crippen LogP contribution < -0.4 is 4.43 Å². The van der Waals surface area contributed by atoms with Gasteiger partial charge in [-0.05, 0) is 66.7 Å². The molecule has 0 saturated heterocycles. The minimum Gasteiger partial charge on any atom is -0.543 e. The van der Waals surface area contributed by atoms with Gasteiger partial charge >= 0.3 is 5.97 Å². The Morgan fingerprint density at radius 2 is 1.30 bits per heavy atom. The van der Waals surface area contributed by atoms with Crippen molar-refractivity contribution in [2.45, 2.75) is 84.5 Å². The number of esters is 1. The fourth-order valence-corrected chi connectivity index (χ4v) is 9.76. The van der Waals surface area contributed by atoms with E-state index >= 15 is 0 Å². The van der Waals surface area contributed by atoms with Crippen LogP contribution in [0.2, 0.25) is 16.6 Å². The second kappa shape index (κ2) is 9.38. The summed E-state index contributed by atoms with van der Waals surface area (Å²) in [6.45, 7) is 19.4. The fourth-order valence-electron chi connectivity index (χ4n) is 4.51. The fraction of sp³-hybridized carbons (Fsp3) is 0.500. The molecule has 3 nitrogen and oxygen atoms in total. The van der Waals surface area contributed by atoms with Crippen LogP contribution in [0.3, 0.4) is 0 Å². The molecule has 0 atom stereocenters. The van der Waals surface area contributed by atoms with Crippen LogP contribution >= 0.6 is 0 Å². The largest absolute Gasteiger partial charge is 0.543 e. The molecule has 0 heterocycles. The van der Waals surface area contributed by atoms with E-state index in [1.807, 2.05) is 69.3 Å². The van der Waals surface area contributed by atoms with E-state index in [2.05, 4.69) is 41.5 Å². The molecule has 0 unspecified atom stereocenters. The van der Waals surface area contributed by atoms with E-state index in [1.165, 1.54) is 0 Å². The zero-order valence-corrected chi connectivity index (χ0v) is 21.1. The molecule has 0 radical (unpaired) electrons. The topological polar surface area (TPSA) is 35.5 Å². The van der Waals surface area contributed by atoms with Gasteiger partial charge in [-0.15, -0.1) is 0 Å². The number of hydrogen-bond donors (Lipinski definition) is 0. The van der Waals surface area contributed by atoms with Gasteiger partial charge < -0.3 is 9.16 Å². The van der Waals surface area contributed by atoms with Crippen LogP contribution in [0.5, 0.6) is 5.75 Å². The SMILES string of the molecule is CC(C)[Si](Oc1ccc(-c2ccccc2C(=O)OC(C)(C)C)cc1)(C(C)C)C(C)C. The van der Waals surface area contributed by atoms with Gasteiger partial charge in [0.2, 0.25) is 0 Å². The van der Waals surface area contributed by atoms with Crippen LogP contribution in [0, 0.1) is 0 Å². The van der Waals surface area contributed by atoms with Crippen molar-refractivity contribution in [2.75, 3.05) is 0 Å². The van der Waals surface area contributed by atoms with Crippen LogP contribution in [0.15, 0.2) is 48.5 Å². The van der Waals surface area contributed by atoms with Gasteiger partial charge in [0.15, 0.2) is 0 Å². The van der Waals surface area contributed by atoms with E-state index in [-0.39, 0.29) is 5.97 Å². The summed E-state index contributed by atoms with van der Waals surface area (Å²) in [5.41, 5.74) is 3.46. The maximum absolute atomic E-state index is 12.7. The van der Waals surface area contributed by atoms with Crippen molar-refractivity contribution in [1.82, 2.24) is 0 Å². The van der Waals surface area contributed by atoms with Crippen LogP contribution in [-0.4, -0.2) is 19.9 Å². The summed E-state index contributed by atoms with van der Waals surface area (Å²) in [6.07, 6.45) is 0. The molecule has 4 heteroatoms. The minimum atomic E-state index is -1.99. The van der Waals surface area contributed by atoms with Gasteiger partial charge in [-0.25, -0.2) is 4.79 Å². The third kappa shape index (κ3) is 5.34. The maximum atomic E-state index is 12.7. The Labute approximate surface area is 183 Å². The highest BCUT2D eigenvalue weighted by atomic mass is 28.4. The minimum absolute atomic E-state index is 0.302. The predicted molar refractivity (Wildman–Crippen MR) is 129 cm³/mol. The van der Waals surface area contributed by atoms with Gasteiger partial charge in [0.1, 0.15) is 11.4 Å². The molecule has 0 aliphatic rings. The van der Waals surface area contributed by atoms with Crippen LogP contribution in [0.25, 0.3) is 11.1 Å². The zero-order chi connectivity index (χ0) is 22.7. The molecule has 0 aromatic heterocycles. The Morgan fingerprint density at radius 1 is 0.800 bits per heavy atom. The quantitative estimate of drug-likeness (QED) is 0.334. The molecule has 0 aliphatic carbocycles. The number of benzene rings is 2. The number of ether oxygens (including phenoxy) is 1. The van der Waals surface area contributed by atoms with Crippen molar-refractivity contribution in [1.29, 1.82) is 0 Å². The van der Waals surface area contributed by atoms with E-state index in [9.17, 15) is 4.79 Å². The molecule has 0 N–H and O–H groups in total. The summed E-state index contributed by atoms with van der Waals surface area (Å²) < 4.78 is 12.4. The molecular weight excluding hydrogens is 388 g/mol. The molecular formula is C26H38O3Si. The monoisotopic (exact) mass is 426 g/mol. The molecule has 0 saturated carbocycles. The first kappa shape index (κ1) is 24.2. The number of rotatable bonds is 7. The van der Waals surface area contributed by atoms with Gasteiger partial charge in [-0.1, -0.05) is 71.9 Å². The Hall–Kier alpha value is -2.07. The molecule has 30 heavy (non-hydrogen) atoms. The maximum Gasteiger partial charge on any atom is 0.339 e. The predicted octanol–water partition coefficient (Wildman–Crippen LogP) is 7.86. The lowest BCUT2D eigenvalue weighted by molar-refractivity contribution is 0.00704. The zero-order valence-electron chi connectivity index (χ0n) is 20.1. The average Bonchev–Trinajstić information content (AvgIpc) is 2.64. The van der Waals surface area contributed by atoms with Crippen molar-refractivity contribution in [2.24, 2.45) is 0 Å². The van der Waals surface area contributed by atoms with Crippen molar-refractivity contribution in [3.8, 4) is 16.9 Å². The molecule has 2 rings (SSSR count). The summed E-state index contributed by atoms with van der Waals surface area (Å²) >= 11 is 0. The van der Waals surface area contributed by atoms with Crippen molar-refractivity contribution in [3.63, 3.8) is 0 Å². The summed E-state index contributed by atoms with van der Waals surface area (Å²) in [5.74, 6) is 0.612. The molecule has 2 aromatic rings. The van der Waals surface area contributed by atoms with Crippen molar-refractivity contribution in [3.05, 3.63) is 54.1 Å². The number of hydrogen-bond acceptors (Lipinski definition) is 3. The van der Waals surface area contributed by atoms with Gasteiger partial charge in [-0.2, -0.15) is 0 Å². The first-order valence-electron chi connectivity index (χ1n) is 11.0. The summed E-state index contributed by atoms with van der Waals surface area (Å²) in [6, 6.07) is 15.8. The number of carbonyl (C=O) groups excluding carboxylic acids is 1. The van der Waals surface area contributed by atoms with E-state index in [1.54, 1.807) is 0 Å². The third-order valence-electron chi connectivity index (χ3n) is 5.71. The van der Waals surface area contributed by atoms with Crippen LogP contribution in [-0.2, 0) is 4.74 Å². The van der Waals surface area contributed by atoms with E-state index in [0.717, 1.165) is 16.9 Å². The lowest BCUT2D eigenvalue weighted by Gasteiger charge is -2.42.